The van der Waals surface area contributed by atoms with E-state index in [-0.39, 0.29) is 18.8 Å². The van der Waals surface area contributed by atoms with Crippen molar-refractivity contribution in [1.82, 2.24) is 0 Å². The van der Waals surface area contributed by atoms with E-state index in [4.69, 9.17) is 9.47 Å². The number of aliphatic hydroxyl groups is 1. The average Bonchev–Trinajstić information content (AvgIpc) is 2.42. The molecule has 0 saturated heterocycles. The largest absolute Gasteiger partial charge is 0.465 e. The van der Waals surface area contributed by atoms with Crippen molar-refractivity contribution in [3.8, 4) is 0 Å². The Morgan fingerprint density at radius 2 is 1.76 bits per heavy atom. The van der Waals surface area contributed by atoms with Crippen molar-refractivity contribution in [3.63, 3.8) is 0 Å². The van der Waals surface area contributed by atoms with Crippen LogP contribution in [0.1, 0.15) is 25.5 Å². The van der Waals surface area contributed by atoms with Crippen LogP contribution < -0.4 is 0 Å². The van der Waals surface area contributed by atoms with Gasteiger partial charge in [-0.25, -0.2) is 4.39 Å². The van der Waals surface area contributed by atoms with Crippen LogP contribution in [0.4, 0.5) is 4.39 Å². The molecule has 1 aromatic carbocycles. The number of ether oxygens (including phenoxy) is 2. The van der Waals surface area contributed by atoms with Crippen LogP contribution in [0.3, 0.4) is 0 Å². The van der Waals surface area contributed by atoms with Gasteiger partial charge in [-0.05, 0) is 37.6 Å². The predicted octanol–water partition coefficient (Wildman–Crippen LogP) is 2.36. The lowest BCUT2D eigenvalue weighted by atomic mass is 9.95. The van der Waals surface area contributed by atoms with E-state index >= 15 is 0 Å². The van der Waals surface area contributed by atoms with E-state index in [0.29, 0.717) is 4.47 Å². The number of aliphatic hydroxyl groups excluding tert-OH is 1. The van der Waals surface area contributed by atoms with Crippen molar-refractivity contribution in [2.45, 2.75) is 20.0 Å². The number of hydrogen-bond donors (Lipinski definition) is 1. The molecule has 1 N–H and O–H groups in total. The topological polar surface area (TPSA) is 72.8 Å². The molecular formula is C14H16BrFO5. The fourth-order valence-corrected chi connectivity index (χ4v) is 2.22. The van der Waals surface area contributed by atoms with Crippen LogP contribution in [0.5, 0.6) is 0 Å². The summed E-state index contributed by atoms with van der Waals surface area (Å²) < 4.78 is 23.2. The highest BCUT2D eigenvalue weighted by Gasteiger charge is 2.38. The van der Waals surface area contributed by atoms with Crippen molar-refractivity contribution in [1.29, 1.82) is 0 Å². The highest BCUT2D eigenvalue weighted by atomic mass is 79.9. The van der Waals surface area contributed by atoms with Gasteiger partial charge in [0, 0.05) is 4.47 Å². The van der Waals surface area contributed by atoms with Gasteiger partial charge in [-0.2, -0.15) is 0 Å². The predicted molar refractivity (Wildman–Crippen MR) is 75.8 cm³/mol. The number of rotatable bonds is 6. The van der Waals surface area contributed by atoms with Crippen LogP contribution in [0.15, 0.2) is 22.7 Å². The van der Waals surface area contributed by atoms with Gasteiger partial charge in [-0.3, -0.25) is 9.59 Å². The summed E-state index contributed by atoms with van der Waals surface area (Å²) in [6.45, 7) is 3.24. The molecule has 1 aromatic rings. The second-order valence-corrected chi connectivity index (χ2v) is 4.95. The fraction of sp³-hybridized carbons (Fsp3) is 0.429. The van der Waals surface area contributed by atoms with E-state index in [1.54, 1.807) is 13.8 Å². The summed E-state index contributed by atoms with van der Waals surface area (Å²) in [4.78, 5) is 23.8. The van der Waals surface area contributed by atoms with Gasteiger partial charge in [-0.1, -0.05) is 15.9 Å². The van der Waals surface area contributed by atoms with E-state index in [0.717, 1.165) is 6.07 Å². The first kappa shape index (κ1) is 17.6. The summed E-state index contributed by atoms with van der Waals surface area (Å²) in [5.41, 5.74) is 0.0705. The molecule has 0 amide bonds. The third-order valence-electron chi connectivity index (χ3n) is 2.67. The van der Waals surface area contributed by atoms with Crippen molar-refractivity contribution >= 4 is 27.9 Å². The fourth-order valence-electron chi connectivity index (χ4n) is 1.74. The molecular weight excluding hydrogens is 347 g/mol. The Labute approximate surface area is 130 Å². The third kappa shape index (κ3) is 4.50. The van der Waals surface area contributed by atoms with Gasteiger partial charge in [0.15, 0.2) is 5.92 Å². The molecule has 0 heterocycles. The van der Waals surface area contributed by atoms with Gasteiger partial charge < -0.3 is 14.6 Å². The Kier molecular flexibility index (Phi) is 6.77. The lowest BCUT2D eigenvalue weighted by molar-refractivity contribution is -0.167. The molecule has 5 nitrogen and oxygen atoms in total. The molecule has 116 valence electrons. The minimum Gasteiger partial charge on any atom is -0.465 e. The molecule has 0 spiro atoms. The van der Waals surface area contributed by atoms with Crippen molar-refractivity contribution in [3.05, 3.63) is 34.1 Å². The SMILES string of the molecule is CCOC(=O)C(C(=O)OCC)C(O)c1cc(F)ccc1Br. The number of carbonyl (C=O) groups excluding carboxylic acids is 2. The standard InChI is InChI=1S/C14H16BrFO5/c1-3-20-13(18)11(14(19)21-4-2)12(17)9-7-8(16)5-6-10(9)15/h5-7,11-12,17H,3-4H2,1-2H3. The molecule has 0 aromatic heterocycles. The molecule has 0 saturated carbocycles. The molecule has 0 aliphatic carbocycles. The van der Waals surface area contributed by atoms with E-state index in [9.17, 15) is 19.1 Å². The number of esters is 2. The lowest BCUT2D eigenvalue weighted by Crippen LogP contribution is -2.33. The van der Waals surface area contributed by atoms with Crippen LogP contribution in [0, 0.1) is 11.7 Å². The Balaban J connectivity index is 3.14. The molecule has 1 rings (SSSR count). The second kappa shape index (κ2) is 8.09. The van der Waals surface area contributed by atoms with Crippen molar-refractivity contribution in [2.75, 3.05) is 13.2 Å². The maximum atomic E-state index is 13.3. The summed E-state index contributed by atoms with van der Waals surface area (Å²) in [5, 5.41) is 10.3. The number of halogens is 2. The van der Waals surface area contributed by atoms with E-state index in [2.05, 4.69) is 15.9 Å². The summed E-state index contributed by atoms with van der Waals surface area (Å²) in [5.74, 6) is -4.00. The smallest absolute Gasteiger partial charge is 0.323 e. The molecule has 0 fully saturated rings. The quantitative estimate of drug-likeness (QED) is 0.621. The summed E-state index contributed by atoms with van der Waals surface area (Å²) in [6, 6.07) is 3.60. The second-order valence-electron chi connectivity index (χ2n) is 4.09. The van der Waals surface area contributed by atoms with Crippen LogP contribution in [0.25, 0.3) is 0 Å². The molecule has 21 heavy (non-hydrogen) atoms. The van der Waals surface area contributed by atoms with Crippen molar-refractivity contribution in [2.24, 2.45) is 5.92 Å². The van der Waals surface area contributed by atoms with Crippen LogP contribution in [-0.2, 0) is 19.1 Å². The number of carbonyl (C=O) groups is 2. The monoisotopic (exact) mass is 362 g/mol. The molecule has 0 aliphatic rings. The zero-order chi connectivity index (χ0) is 16.0. The van der Waals surface area contributed by atoms with E-state index < -0.39 is 29.8 Å². The maximum Gasteiger partial charge on any atom is 0.323 e. The van der Waals surface area contributed by atoms with Crippen LogP contribution in [0.2, 0.25) is 0 Å². The van der Waals surface area contributed by atoms with Gasteiger partial charge in [0.05, 0.1) is 13.2 Å². The van der Waals surface area contributed by atoms with Gasteiger partial charge in [0.1, 0.15) is 11.9 Å². The average molecular weight is 363 g/mol. The Morgan fingerprint density at radius 3 is 2.24 bits per heavy atom. The molecule has 1 unspecified atom stereocenters. The van der Waals surface area contributed by atoms with Gasteiger partial charge >= 0.3 is 11.9 Å². The number of benzene rings is 1. The minimum atomic E-state index is -1.58. The molecule has 1 atom stereocenters. The number of hydrogen-bond acceptors (Lipinski definition) is 5. The van der Waals surface area contributed by atoms with Crippen LogP contribution >= 0.6 is 15.9 Å². The molecule has 7 heteroatoms. The van der Waals surface area contributed by atoms with Gasteiger partial charge in [0.25, 0.3) is 0 Å². The normalized spacial score (nSPS) is 12.1. The Morgan fingerprint density at radius 1 is 1.24 bits per heavy atom. The first-order chi connectivity index (χ1) is 9.92. The first-order valence-corrected chi connectivity index (χ1v) is 7.17. The first-order valence-electron chi connectivity index (χ1n) is 6.38. The highest BCUT2D eigenvalue weighted by molar-refractivity contribution is 9.10. The zero-order valence-electron chi connectivity index (χ0n) is 11.6. The minimum absolute atomic E-state index is 0.0474. The van der Waals surface area contributed by atoms with Gasteiger partial charge in [0.2, 0.25) is 0 Å². The molecule has 0 bridgehead atoms. The molecule has 0 radical (unpaired) electrons. The Hall–Kier alpha value is -1.47. The van der Waals surface area contributed by atoms with Gasteiger partial charge in [-0.15, -0.1) is 0 Å². The van der Waals surface area contributed by atoms with E-state index in [1.807, 2.05) is 0 Å². The zero-order valence-corrected chi connectivity index (χ0v) is 13.2. The van der Waals surface area contributed by atoms with Crippen molar-refractivity contribution < 1.29 is 28.6 Å². The van der Waals surface area contributed by atoms with E-state index in [1.165, 1.54) is 12.1 Å². The maximum absolute atomic E-state index is 13.3. The summed E-state index contributed by atoms with van der Waals surface area (Å²) in [6.07, 6.45) is -1.58. The lowest BCUT2D eigenvalue weighted by Gasteiger charge is -2.21. The third-order valence-corrected chi connectivity index (χ3v) is 3.40. The summed E-state index contributed by atoms with van der Waals surface area (Å²) in [7, 11) is 0. The summed E-state index contributed by atoms with van der Waals surface area (Å²) >= 11 is 3.14. The Bertz CT molecular complexity index is 502. The van der Waals surface area contributed by atoms with Crippen LogP contribution in [-0.4, -0.2) is 30.3 Å². The molecule has 0 aliphatic heterocycles. The highest BCUT2D eigenvalue weighted by Crippen LogP contribution is 2.31.